The van der Waals surface area contributed by atoms with E-state index in [-0.39, 0.29) is 12.4 Å². The van der Waals surface area contributed by atoms with E-state index < -0.39 is 6.10 Å². The van der Waals surface area contributed by atoms with Crippen LogP contribution in [0.3, 0.4) is 0 Å². The van der Waals surface area contributed by atoms with Crippen LogP contribution in [0, 0.1) is 0 Å². The lowest BCUT2D eigenvalue weighted by Crippen LogP contribution is -2.27. The topological polar surface area (TPSA) is 58.6 Å². The van der Waals surface area contributed by atoms with Gasteiger partial charge in [-0.2, -0.15) is 0 Å². The van der Waals surface area contributed by atoms with Gasteiger partial charge >= 0.3 is 5.97 Å². The number of esters is 1. The van der Waals surface area contributed by atoms with Crippen molar-refractivity contribution in [1.29, 1.82) is 0 Å². The molecule has 0 aliphatic carbocycles. The summed E-state index contributed by atoms with van der Waals surface area (Å²) in [7, 11) is 0. The number of hydrogen-bond donors (Lipinski definition) is 2. The van der Waals surface area contributed by atoms with Crippen LogP contribution in [-0.4, -0.2) is 36.9 Å². The zero-order chi connectivity index (χ0) is 10.8. The molecule has 0 heterocycles. The molecular formula is C10H19NO3. The van der Waals surface area contributed by atoms with Crippen LogP contribution in [0.1, 0.15) is 19.8 Å². The van der Waals surface area contributed by atoms with Gasteiger partial charge in [-0.25, -0.2) is 0 Å². The molecule has 0 bridgehead atoms. The summed E-state index contributed by atoms with van der Waals surface area (Å²) < 4.78 is 4.73. The second-order valence-corrected chi connectivity index (χ2v) is 2.94. The minimum atomic E-state index is -0.501. The summed E-state index contributed by atoms with van der Waals surface area (Å²) in [5.41, 5.74) is 0. The van der Waals surface area contributed by atoms with Gasteiger partial charge < -0.3 is 15.2 Å². The third kappa shape index (κ3) is 7.76. The van der Waals surface area contributed by atoms with Crippen LogP contribution >= 0.6 is 0 Å². The minimum absolute atomic E-state index is 0.254. The number of aliphatic hydroxyl groups excluding tert-OH is 1. The summed E-state index contributed by atoms with van der Waals surface area (Å²) in [6, 6.07) is 0. The van der Waals surface area contributed by atoms with E-state index in [2.05, 4.69) is 11.9 Å². The number of aliphatic hydroxyl groups is 1. The molecule has 0 amide bonds. The van der Waals surface area contributed by atoms with E-state index in [0.717, 1.165) is 0 Å². The quantitative estimate of drug-likeness (QED) is 0.340. The lowest BCUT2D eigenvalue weighted by molar-refractivity contribution is -0.143. The molecule has 0 aromatic carbocycles. The zero-order valence-electron chi connectivity index (χ0n) is 8.66. The van der Waals surface area contributed by atoms with Crippen LogP contribution in [0.15, 0.2) is 12.7 Å². The van der Waals surface area contributed by atoms with E-state index in [1.54, 1.807) is 13.0 Å². The maximum atomic E-state index is 10.9. The Labute approximate surface area is 85.0 Å². The van der Waals surface area contributed by atoms with Crippen molar-refractivity contribution in [2.75, 3.05) is 19.7 Å². The SMILES string of the molecule is C=CCNCC(O)CCC(=O)OCC. The van der Waals surface area contributed by atoms with Crippen molar-refractivity contribution in [2.45, 2.75) is 25.9 Å². The molecule has 2 N–H and O–H groups in total. The number of nitrogens with one attached hydrogen (secondary N) is 1. The van der Waals surface area contributed by atoms with E-state index in [1.807, 2.05) is 0 Å². The highest BCUT2D eigenvalue weighted by molar-refractivity contribution is 5.69. The fourth-order valence-corrected chi connectivity index (χ4v) is 0.972. The third-order valence-electron chi connectivity index (χ3n) is 1.66. The summed E-state index contributed by atoms with van der Waals surface area (Å²) >= 11 is 0. The Morgan fingerprint density at radius 1 is 1.71 bits per heavy atom. The Kier molecular flexibility index (Phi) is 8.17. The number of carbonyl (C=O) groups excluding carboxylic acids is 1. The van der Waals surface area contributed by atoms with E-state index >= 15 is 0 Å². The van der Waals surface area contributed by atoms with Crippen molar-refractivity contribution in [1.82, 2.24) is 5.32 Å². The Hall–Kier alpha value is -0.870. The van der Waals surface area contributed by atoms with Gasteiger partial charge in [-0.15, -0.1) is 6.58 Å². The predicted octanol–water partition coefficient (Wildman–Crippen LogP) is 0.466. The maximum absolute atomic E-state index is 10.9. The first kappa shape index (κ1) is 13.1. The number of ether oxygens (including phenoxy) is 1. The average Bonchev–Trinajstić information content (AvgIpc) is 2.16. The van der Waals surface area contributed by atoms with Gasteiger partial charge in [0.1, 0.15) is 0 Å². The van der Waals surface area contributed by atoms with Gasteiger partial charge in [0.15, 0.2) is 0 Å². The predicted molar refractivity (Wildman–Crippen MR) is 54.9 cm³/mol. The maximum Gasteiger partial charge on any atom is 0.305 e. The first-order valence-electron chi connectivity index (χ1n) is 4.86. The van der Waals surface area contributed by atoms with Crippen LogP contribution in [0.2, 0.25) is 0 Å². The van der Waals surface area contributed by atoms with Crippen molar-refractivity contribution in [3.8, 4) is 0 Å². The highest BCUT2D eigenvalue weighted by Crippen LogP contribution is 1.98. The van der Waals surface area contributed by atoms with Crippen LogP contribution < -0.4 is 5.32 Å². The second kappa shape index (κ2) is 8.72. The highest BCUT2D eigenvalue weighted by Gasteiger charge is 2.07. The van der Waals surface area contributed by atoms with Gasteiger partial charge in [-0.3, -0.25) is 4.79 Å². The summed E-state index contributed by atoms with van der Waals surface area (Å²) in [5.74, 6) is -0.254. The monoisotopic (exact) mass is 201 g/mol. The normalized spacial score (nSPS) is 12.1. The molecule has 0 radical (unpaired) electrons. The van der Waals surface area contributed by atoms with E-state index in [1.165, 1.54) is 0 Å². The lowest BCUT2D eigenvalue weighted by atomic mass is 10.2. The summed E-state index contributed by atoms with van der Waals surface area (Å²) in [4.78, 5) is 10.9. The molecular weight excluding hydrogens is 182 g/mol. The first-order valence-corrected chi connectivity index (χ1v) is 4.86. The Morgan fingerprint density at radius 3 is 3.00 bits per heavy atom. The third-order valence-corrected chi connectivity index (χ3v) is 1.66. The molecule has 1 unspecified atom stereocenters. The Bertz CT molecular complexity index is 171. The van der Waals surface area contributed by atoms with E-state index in [0.29, 0.717) is 26.1 Å². The zero-order valence-corrected chi connectivity index (χ0v) is 8.66. The molecule has 0 aromatic heterocycles. The van der Waals surface area contributed by atoms with Crippen molar-refractivity contribution in [2.24, 2.45) is 0 Å². The van der Waals surface area contributed by atoms with Crippen LogP contribution in [-0.2, 0) is 9.53 Å². The van der Waals surface area contributed by atoms with Gasteiger partial charge in [0, 0.05) is 19.5 Å². The number of rotatable bonds is 8. The van der Waals surface area contributed by atoms with Crippen LogP contribution in [0.5, 0.6) is 0 Å². The summed E-state index contributed by atoms with van der Waals surface area (Å²) in [6.45, 7) is 6.83. The molecule has 82 valence electrons. The Morgan fingerprint density at radius 2 is 2.43 bits per heavy atom. The van der Waals surface area contributed by atoms with E-state index in [9.17, 15) is 9.90 Å². The summed E-state index contributed by atoms with van der Waals surface area (Å²) in [5, 5.41) is 12.4. The molecule has 0 fully saturated rings. The highest BCUT2D eigenvalue weighted by atomic mass is 16.5. The second-order valence-electron chi connectivity index (χ2n) is 2.94. The average molecular weight is 201 g/mol. The summed E-state index contributed by atoms with van der Waals surface area (Å²) in [6.07, 6.45) is 1.92. The Balaban J connectivity index is 3.38. The van der Waals surface area contributed by atoms with Gasteiger partial charge in [0.2, 0.25) is 0 Å². The molecule has 0 spiro atoms. The molecule has 0 saturated carbocycles. The number of carbonyl (C=O) groups is 1. The fourth-order valence-electron chi connectivity index (χ4n) is 0.972. The van der Waals surface area contributed by atoms with Crippen molar-refractivity contribution >= 4 is 5.97 Å². The molecule has 1 atom stereocenters. The van der Waals surface area contributed by atoms with Gasteiger partial charge in [-0.05, 0) is 13.3 Å². The molecule has 0 aromatic rings. The van der Waals surface area contributed by atoms with Gasteiger partial charge in [0.05, 0.1) is 12.7 Å². The molecule has 4 nitrogen and oxygen atoms in total. The first-order chi connectivity index (χ1) is 6.70. The van der Waals surface area contributed by atoms with Crippen LogP contribution in [0.4, 0.5) is 0 Å². The molecule has 4 heteroatoms. The molecule has 0 saturated heterocycles. The van der Waals surface area contributed by atoms with Crippen molar-refractivity contribution in [3.05, 3.63) is 12.7 Å². The molecule has 0 aliphatic heterocycles. The molecule has 0 aliphatic rings. The molecule has 0 rings (SSSR count). The minimum Gasteiger partial charge on any atom is -0.466 e. The fraction of sp³-hybridized carbons (Fsp3) is 0.700. The van der Waals surface area contributed by atoms with Gasteiger partial charge in [-0.1, -0.05) is 6.08 Å². The van der Waals surface area contributed by atoms with Gasteiger partial charge in [0.25, 0.3) is 0 Å². The smallest absolute Gasteiger partial charge is 0.305 e. The van der Waals surface area contributed by atoms with Crippen molar-refractivity contribution in [3.63, 3.8) is 0 Å². The van der Waals surface area contributed by atoms with Crippen LogP contribution in [0.25, 0.3) is 0 Å². The standard InChI is InChI=1S/C10H19NO3/c1-3-7-11-8-9(12)5-6-10(13)14-4-2/h3,9,11-12H,1,4-8H2,2H3. The van der Waals surface area contributed by atoms with Crippen molar-refractivity contribution < 1.29 is 14.6 Å². The van der Waals surface area contributed by atoms with E-state index in [4.69, 9.17) is 4.74 Å². The largest absolute Gasteiger partial charge is 0.466 e. The lowest BCUT2D eigenvalue weighted by Gasteiger charge is -2.09. The molecule has 14 heavy (non-hydrogen) atoms. The number of hydrogen-bond acceptors (Lipinski definition) is 4.